The van der Waals surface area contributed by atoms with Crippen molar-refractivity contribution in [2.24, 2.45) is 34.5 Å². The minimum absolute atomic E-state index is 0.565. The van der Waals surface area contributed by atoms with Gasteiger partial charge >= 0.3 is 0 Å². The van der Waals surface area contributed by atoms with Crippen LogP contribution in [0.15, 0.2) is 11.6 Å². The van der Waals surface area contributed by atoms with E-state index in [1.165, 1.54) is 57.8 Å². The first kappa shape index (κ1) is 16.2. The van der Waals surface area contributed by atoms with Gasteiger partial charge in [-0.1, -0.05) is 25.5 Å². The molecule has 3 fully saturated rings. The van der Waals surface area contributed by atoms with Gasteiger partial charge in [0, 0.05) is 6.04 Å². The Morgan fingerprint density at radius 3 is 2.70 bits per heavy atom. The number of nitrogens with one attached hydrogen (secondary N) is 1. The summed E-state index contributed by atoms with van der Waals surface area (Å²) < 4.78 is 0. The van der Waals surface area contributed by atoms with E-state index < -0.39 is 0 Å². The summed E-state index contributed by atoms with van der Waals surface area (Å²) in [4.78, 5) is 0. The second-order valence-electron chi connectivity index (χ2n) is 9.76. The van der Waals surface area contributed by atoms with Crippen molar-refractivity contribution in [1.29, 1.82) is 0 Å². The van der Waals surface area contributed by atoms with Gasteiger partial charge in [0.05, 0.1) is 0 Å². The molecular weight excluding hydrogens is 278 g/mol. The molecule has 7 unspecified atom stereocenters. The van der Waals surface area contributed by atoms with Crippen molar-refractivity contribution in [2.45, 2.75) is 84.6 Å². The van der Waals surface area contributed by atoms with E-state index >= 15 is 0 Å². The van der Waals surface area contributed by atoms with E-state index in [4.69, 9.17) is 0 Å². The topological polar surface area (TPSA) is 12.0 Å². The average Bonchev–Trinajstić information content (AvgIpc) is 2.91. The molecule has 1 N–H and O–H groups in total. The Labute approximate surface area is 143 Å². The lowest BCUT2D eigenvalue weighted by molar-refractivity contribution is -0.0549. The second kappa shape index (κ2) is 5.61. The summed E-state index contributed by atoms with van der Waals surface area (Å²) in [6.45, 7) is 7.72. The van der Waals surface area contributed by atoms with Gasteiger partial charge in [0.1, 0.15) is 0 Å². The first-order valence-corrected chi connectivity index (χ1v) is 10.4. The largest absolute Gasteiger partial charge is 0.317 e. The van der Waals surface area contributed by atoms with Crippen molar-refractivity contribution < 1.29 is 0 Å². The standard InChI is InChI=1S/C22H37N/c1-15(23-4)18-10-11-19-17-9-8-16-7-5-6-13-21(16,2)20(17)12-14-22(18,19)3/h7,15,17-20,23H,5-6,8-14H2,1-4H3. The van der Waals surface area contributed by atoms with Gasteiger partial charge in [-0.05, 0) is 106 Å². The molecule has 0 spiro atoms. The smallest absolute Gasteiger partial charge is 0.00693 e. The SMILES string of the molecule is CNC(C)C1CCC2C3CCC4=CCCCC4(C)C3CCC12C. The summed E-state index contributed by atoms with van der Waals surface area (Å²) in [7, 11) is 2.16. The fourth-order valence-electron chi connectivity index (χ4n) is 7.82. The van der Waals surface area contributed by atoms with Gasteiger partial charge in [-0.15, -0.1) is 0 Å². The molecule has 0 aromatic carbocycles. The summed E-state index contributed by atoms with van der Waals surface area (Å²) in [6, 6.07) is 0.686. The van der Waals surface area contributed by atoms with Gasteiger partial charge in [-0.25, -0.2) is 0 Å². The number of fused-ring (bicyclic) bond motifs is 5. The van der Waals surface area contributed by atoms with Crippen LogP contribution in [0.5, 0.6) is 0 Å². The molecule has 0 aromatic heterocycles. The molecule has 130 valence electrons. The molecule has 0 aromatic rings. The summed E-state index contributed by atoms with van der Waals surface area (Å²) in [5.74, 6) is 3.91. The van der Waals surface area contributed by atoms with Crippen molar-refractivity contribution in [1.82, 2.24) is 5.32 Å². The fraction of sp³-hybridized carbons (Fsp3) is 0.909. The van der Waals surface area contributed by atoms with Gasteiger partial charge in [-0.2, -0.15) is 0 Å². The van der Waals surface area contributed by atoms with E-state index in [0.717, 1.165) is 23.7 Å². The maximum absolute atomic E-state index is 3.58. The number of hydrogen-bond donors (Lipinski definition) is 1. The highest BCUT2D eigenvalue weighted by Gasteiger charge is 2.59. The zero-order valence-electron chi connectivity index (χ0n) is 15.8. The molecule has 1 heteroatoms. The van der Waals surface area contributed by atoms with Gasteiger partial charge in [0.25, 0.3) is 0 Å². The Balaban J connectivity index is 1.63. The lowest BCUT2D eigenvalue weighted by Crippen LogP contribution is -2.51. The molecule has 0 aliphatic heterocycles. The number of rotatable bonds is 2. The van der Waals surface area contributed by atoms with Gasteiger partial charge in [-0.3, -0.25) is 0 Å². The molecule has 0 radical (unpaired) electrons. The molecule has 0 heterocycles. The van der Waals surface area contributed by atoms with E-state index in [9.17, 15) is 0 Å². The fourth-order valence-corrected chi connectivity index (χ4v) is 7.82. The molecule has 23 heavy (non-hydrogen) atoms. The highest BCUT2D eigenvalue weighted by molar-refractivity contribution is 5.23. The highest BCUT2D eigenvalue weighted by Crippen LogP contribution is 2.67. The molecule has 0 bridgehead atoms. The van der Waals surface area contributed by atoms with Crippen molar-refractivity contribution in [2.75, 3.05) is 7.05 Å². The quantitative estimate of drug-likeness (QED) is 0.657. The Hall–Kier alpha value is -0.300. The van der Waals surface area contributed by atoms with Crippen LogP contribution >= 0.6 is 0 Å². The highest BCUT2D eigenvalue weighted by atomic mass is 14.9. The van der Waals surface area contributed by atoms with Crippen LogP contribution in [0.1, 0.15) is 78.6 Å². The molecule has 7 atom stereocenters. The predicted octanol–water partition coefficient (Wildman–Crippen LogP) is 5.56. The average molecular weight is 316 g/mol. The summed E-state index contributed by atoms with van der Waals surface area (Å²) in [5, 5.41) is 3.58. The van der Waals surface area contributed by atoms with Crippen LogP contribution in [0.4, 0.5) is 0 Å². The third-order valence-corrected chi connectivity index (χ3v) is 9.16. The van der Waals surface area contributed by atoms with E-state index in [1.54, 1.807) is 0 Å². The van der Waals surface area contributed by atoms with Crippen molar-refractivity contribution in [3.63, 3.8) is 0 Å². The second-order valence-corrected chi connectivity index (χ2v) is 9.76. The van der Waals surface area contributed by atoms with Crippen LogP contribution in [0.2, 0.25) is 0 Å². The molecule has 4 rings (SSSR count). The monoisotopic (exact) mass is 315 g/mol. The first-order chi connectivity index (χ1) is 11.0. The summed E-state index contributed by atoms with van der Waals surface area (Å²) in [6.07, 6.45) is 15.7. The van der Waals surface area contributed by atoms with Crippen LogP contribution in [0.3, 0.4) is 0 Å². The minimum atomic E-state index is 0.565. The van der Waals surface area contributed by atoms with Gasteiger partial charge < -0.3 is 5.32 Å². The summed E-state index contributed by atoms with van der Waals surface area (Å²) in [5.41, 5.74) is 3.03. The van der Waals surface area contributed by atoms with Gasteiger partial charge in [0.15, 0.2) is 0 Å². The molecular formula is C22H37N. The maximum atomic E-state index is 3.58. The zero-order valence-corrected chi connectivity index (χ0v) is 15.8. The van der Waals surface area contributed by atoms with E-state index in [1.807, 2.05) is 5.57 Å². The van der Waals surface area contributed by atoms with Crippen molar-refractivity contribution in [3.05, 3.63) is 11.6 Å². The first-order valence-electron chi connectivity index (χ1n) is 10.4. The molecule has 4 aliphatic carbocycles. The van der Waals surface area contributed by atoms with Crippen molar-refractivity contribution >= 4 is 0 Å². The lowest BCUT2D eigenvalue weighted by Gasteiger charge is -2.58. The van der Waals surface area contributed by atoms with Crippen LogP contribution in [0, 0.1) is 34.5 Å². The molecule has 0 saturated heterocycles. The van der Waals surface area contributed by atoms with Gasteiger partial charge in [0.2, 0.25) is 0 Å². The number of hydrogen-bond acceptors (Lipinski definition) is 1. The predicted molar refractivity (Wildman–Crippen MR) is 98.3 cm³/mol. The maximum Gasteiger partial charge on any atom is 0.00693 e. The minimum Gasteiger partial charge on any atom is -0.317 e. The normalized spacial score (nSPS) is 50.5. The Kier molecular flexibility index (Phi) is 3.95. The molecule has 0 amide bonds. The lowest BCUT2D eigenvalue weighted by atomic mass is 9.46. The van der Waals surface area contributed by atoms with E-state index in [0.29, 0.717) is 16.9 Å². The zero-order chi connectivity index (χ0) is 16.2. The van der Waals surface area contributed by atoms with Crippen LogP contribution < -0.4 is 5.32 Å². The van der Waals surface area contributed by atoms with Crippen LogP contribution in [-0.4, -0.2) is 13.1 Å². The third-order valence-electron chi connectivity index (χ3n) is 9.16. The Morgan fingerprint density at radius 2 is 1.91 bits per heavy atom. The van der Waals surface area contributed by atoms with E-state index in [-0.39, 0.29) is 0 Å². The molecule has 4 aliphatic rings. The Bertz CT molecular complexity index is 494. The van der Waals surface area contributed by atoms with E-state index in [2.05, 4.69) is 39.2 Å². The van der Waals surface area contributed by atoms with Crippen LogP contribution in [0.25, 0.3) is 0 Å². The molecule has 3 saturated carbocycles. The third kappa shape index (κ3) is 2.21. The summed E-state index contributed by atoms with van der Waals surface area (Å²) >= 11 is 0. The molecule has 1 nitrogen and oxygen atoms in total. The van der Waals surface area contributed by atoms with Crippen LogP contribution in [-0.2, 0) is 0 Å². The number of allylic oxidation sites excluding steroid dienone is 2. The van der Waals surface area contributed by atoms with Crippen molar-refractivity contribution in [3.8, 4) is 0 Å². The Morgan fingerprint density at radius 1 is 1.09 bits per heavy atom.